The summed E-state index contributed by atoms with van der Waals surface area (Å²) in [6, 6.07) is 2.54. The Balaban J connectivity index is 1.76. The van der Waals surface area contributed by atoms with E-state index >= 15 is 0 Å². The van der Waals surface area contributed by atoms with Crippen molar-refractivity contribution in [1.82, 2.24) is 0 Å². The van der Waals surface area contributed by atoms with Crippen molar-refractivity contribution in [2.24, 2.45) is 11.3 Å². The number of hydrogen-bond acceptors (Lipinski definition) is 4. The molecule has 4 nitrogen and oxygen atoms in total. The molecule has 3 fully saturated rings. The van der Waals surface area contributed by atoms with Gasteiger partial charge in [0.05, 0.1) is 30.3 Å². The quantitative estimate of drug-likeness (QED) is 0.849. The van der Waals surface area contributed by atoms with Gasteiger partial charge >= 0.3 is 0 Å². The van der Waals surface area contributed by atoms with Gasteiger partial charge in [-0.25, -0.2) is 0 Å². The average molecular weight is 293 g/mol. The van der Waals surface area contributed by atoms with E-state index in [1.807, 2.05) is 0 Å². The fourth-order valence-corrected chi connectivity index (χ4v) is 4.67. The lowest BCUT2D eigenvalue weighted by Crippen LogP contribution is -2.55. The van der Waals surface area contributed by atoms with Crippen molar-refractivity contribution in [3.8, 4) is 6.07 Å². The summed E-state index contributed by atoms with van der Waals surface area (Å²) < 4.78 is 11.5. The van der Waals surface area contributed by atoms with Crippen molar-refractivity contribution in [2.45, 2.75) is 76.1 Å². The molecule has 3 rings (SSSR count). The molecule has 3 aliphatic rings. The van der Waals surface area contributed by atoms with Gasteiger partial charge in [-0.3, -0.25) is 0 Å². The number of aliphatic hydroxyl groups is 1. The van der Waals surface area contributed by atoms with Crippen LogP contribution in [0, 0.1) is 22.7 Å². The summed E-state index contributed by atoms with van der Waals surface area (Å²) in [5.41, 5.74) is -1.43. The van der Waals surface area contributed by atoms with Crippen LogP contribution in [0.15, 0.2) is 0 Å². The number of nitriles is 1. The Morgan fingerprint density at radius 3 is 2.38 bits per heavy atom. The standard InChI is InChI=1S/C17H27NO3/c1-2-14-4-3-5-15(12-14,13-18)16(19)6-8-17(9-7-16)20-10-11-21-17/h14,19H,2-12H2,1H3. The Morgan fingerprint density at radius 2 is 1.81 bits per heavy atom. The summed E-state index contributed by atoms with van der Waals surface area (Å²) in [6.45, 7) is 3.50. The molecule has 1 spiro atoms. The first-order valence-electron chi connectivity index (χ1n) is 8.49. The summed E-state index contributed by atoms with van der Waals surface area (Å²) in [6.07, 6.45) is 7.73. The largest absolute Gasteiger partial charge is 0.388 e. The summed E-state index contributed by atoms with van der Waals surface area (Å²) in [5.74, 6) is 0.110. The van der Waals surface area contributed by atoms with Crippen LogP contribution in [0.1, 0.15) is 64.7 Å². The SMILES string of the molecule is CCC1CCCC(C#N)(C2(O)CCC3(CC2)OCCO3)C1. The van der Waals surface area contributed by atoms with Crippen LogP contribution >= 0.6 is 0 Å². The minimum Gasteiger partial charge on any atom is -0.388 e. The van der Waals surface area contributed by atoms with E-state index in [1.165, 1.54) is 6.42 Å². The topological polar surface area (TPSA) is 62.5 Å². The van der Waals surface area contributed by atoms with Gasteiger partial charge in [0.15, 0.2) is 5.79 Å². The average Bonchev–Trinajstić information content (AvgIpc) is 2.99. The molecule has 0 amide bonds. The Kier molecular flexibility index (Phi) is 4.02. The molecule has 2 atom stereocenters. The summed E-state index contributed by atoms with van der Waals surface area (Å²) in [5, 5.41) is 21.1. The third kappa shape index (κ3) is 2.50. The molecule has 2 unspecified atom stereocenters. The van der Waals surface area contributed by atoms with Gasteiger partial charge in [-0.1, -0.05) is 26.2 Å². The highest BCUT2D eigenvalue weighted by molar-refractivity contribution is 5.15. The Labute approximate surface area is 127 Å². The fraction of sp³-hybridized carbons (Fsp3) is 0.941. The van der Waals surface area contributed by atoms with Crippen LogP contribution in [0.5, 0.6) is 0 Å². The number of rotatable bonds is 2. The highest BCUT2D eigenvalue weighted by Crippen LogP contribution is 2.54. The van der Waals surface area contributed by atoms with Gasteiger partial charge in [0.25, 0.3) is 0 Å². The Hall–Kier alpha value is -0.630. The van der Waals surface area contributed by atoms with Crippen LogP contribution in [0.3, 0.4) is 0 Å². The van der Waals surface area contributed by atoms with E-state index in [4.69, 9.17) is 9.47 Å². The third-order valence-electron chi connectivity index (χ3n) is 6.19. The molecular formula is C17H27NO3. The van der Waals surface area contributed by atoms with Crippen LogP contribution < -0.4 is 0 Å². The zero-order valence-electron chi connectivity index (χ0n) is 13.1. The first-order chi connectivity index (χ1) is 10.1. The number of hydrogen-bond donors (Lipinski definition) is 1. The monoisotopic (exact) mass is 293 g/mol. The van der Waals surface area contributed by atoms with Gasteiger partial charge in [-0.15, -0.1) is 0 Å². The molecule has 118 valence electrons. The molecule has 0 aromatic carbocycles. The second kappa shape index (κ2) is 5.53. The van der Waals surface area contributed by atoms with Crippen molar-refractivity contribution < 1.29 is 14.6 Å². The zero-order chi connectivity index (χ0) is 15.0. The van der Waals surface area contributed by atoms with Gasteiger partial charge in [0.1, 0.15) is 0 Å². The smallest absolute Gasteiger partial charge is 0.168 e. The van der Waals surface area contributed by atoms with Gasteiger partial charge in [-0.05, 0) is 31.6 Å². The van der Waals surface area contributed by atoms with Crippen LogP contribution in [0.2, 0.25) is 0 Å². The molecule has 1 saturated heterocycles. The predicted molar refractivity (Wildman–Crippen MR) is 78.3 cm³/mol. The number of ether oxygens (including phenoxy) is 2. The zero-order valence-corrected chi connectivity index (χ0v) is 13.1. The molecule has 0 radical (unpaired) electrons. The molecule has 0 aromatic rings. The maximum absolute atomic E-state index is 11.3. The number of nitrogens with zero attached hydrogens (tertiary/aromatic N) is 1. The van der Waals surface area contributed by atoms with Crippen molar-refractivity contribution >= 4 is 0 Å². The highest BCUT2D eigenvalue weighted by atomic mass is 16.7. The Morgan fingerprint density at radius 1 is 1.14 bits per heavy atom. The summed E-state index contributed by atoms with van der Waals surface area (Å²) >= 11 is 0. The lowest BCUT2D eigenvalue weighted by atomic mass is 9.57. The second-order valence-corrected chi connectivity index (χ2v) is 7.20. The Bertz CT molecular complexity index is 414. The molecule has 2 saturated carbocycles. The van der Waals surface area contributed by atoms with E-state index in [-0.39, 0.29) is 0 Å². The lowest BCUT2D eigenvalue weighted by molar-refractivity contribution is -0.220. The van der Waals surface area contributed by atoms with Crippen LogP contribution in [-0.4, -0.2) is 29.7 Å². The minimum absolute atomic E-state index is 0.471. The lowest BCUT2D eigenvalue weighted by Gasteiger charge is -2.51. The van der Waals surface area contributed by atoms with E-state index in [0.717, 1.165) is 25.7 Å². The van der Waals surface area contributed by atoms with Crippen LogP contribution in [0.4, 0.5) is 0 Å². The van der Waals surface area contributed by atoms with E-state index < -0.39 is 16.8 Å². The van der Waals surface area contributed by atoms with E-state index in [1.54, 1.807) is 0 Å². The van der Waals surface area contributed by atoms with Gasteiger partial charge in [0.2, 0.25) is 0 Å². The first-order valence-corrected chi connectivity index (χ1v) is 8.49. The summed E-state index contributed by atoms with van der Waals surface area (Å²) in [4.78, 5) is 0. The van der Waals surface area contributed by atoms with Crippen molar-refractivity contribution in [3.05, 3.63) is 0 Å². The van der Waals surface area contributed by atoms with E-state index in [2.05, 4.69) is 13.0 Å². The predicted octanol–water partition coefficient (Wildman–Crippen LogP) is 3.14. The van der Waals surface area contributed by atoms with Crippen LogP contribution in [0.25, 0.3) is 0 Å². The van der Waals surface area contributed by atoms with E-state index in [9.17, 15) is 10.4 Å². The molecule has 0 bridgehead atoms. The van der Waals surface area contributed by atoms with Crippen molar-refractivity contribution in [3.63, 3.8) is 0 Å². The van der Waals surface area contributed by atoms with Gasteiger partial charge in [-0.2, -0.15) is 5.26 Å². The maximum atomic E-state index is 11.3. The summed E-state index contributed by atoms with van der Waals surface area (Å²) in [7, 11) is 0. The molecule has 21 heavy (non-hydrogen) atoms. The van der Waals surface area contributed by atoms with Crippen molar-refractivity contribution in [2.75, 3.05) is 13.2 Å². The first kappa shape index (κ1) is 15.3. The molecular weight excluding hydrogens is 266 g/mol. The molecule has 0 aromatic heterocycles. The fourth-order valence-electron chi connectivity index (χ4n) is 4.67. The second-order valence-electron chi connectivity index (χ2n) is 7.20. The third-order valence-corrected chi connectivity index (χ3v) is 6.19. The van der Waals surface area contributed by atoms with Gasteiger partial charge < -0.3 is 14.6 Å². The molecule has 1 aliphatic heterocycles. The normalized spacial score (nSPS) is 38.2. The van der Waals surface area contributed by atoms with E-state index in [0.29, 0.717) is 44.8 Å². The highest BCUT2D eigenvalue weighted by Gasteiger charge is 2.57. The van der Waals surface area contributed by atoms with Gasteiger partial charge in [0, 0.05) is 12.8 Å². The van der Waals surface area contributed by atoms with Crippen LogP contribution in [-0.2, 0) is 9.47 Å². The molecule has 1 heterocycles. The van der Waals surface area contributed by atoms with Crippen molar-refractivity contribution in [1.29, 1.82) is 5.26 Å². The maximum Gasteiger partial charge on any atom is 0.168 e. The minimum atomic E-state index is -0.865. The molecule has 4 heteroatoms. The molecule has 2 aliphatic carbocycles. The molecule has 1 N–H and O–H groups in total.